The Balaban J connectivity index is 0.869. The molecule has 0 amide bonds. The molecule has 5 nitrogen and oxygen atoms in total. The number of nitrogens with zero attached hydrogens (tertiary/aromatic N) is 5. The third kappa shape index (κ3) is 10.1. The Hall–Kier alpha value is -13.3. The average Bonchev–Trinajstić information content (AvgIpc) is 1.55. The predicted octanol–water partition coefficient (Wildman–Crippen LogP) is 15.6. The van der Waals surface area contributed by atoms with Gasteiger partial charge in [-0.25, -0.2) is 4.98 Å². The van der Waals surface area contributed by atoms with Crippen molar-refractivity contribution in [2.24, 2.45) is 0 Å². The zero-order chi connectivity index (χ0) is 71.6. The summed E-state index contributed by atoms with van der Waals surface area (Å²) in [6.45, 7) is 0. The van der Waals surface area contributed by atoms with E-state index in [-0.39, 0.29) is 0 Å². The van der Waals surface area contributed by atoms with Crippen molar-refractivity contribution in [3.8, 4) is 28.7 Å². The number of benzene rings is 16. The van der Waals surface area contributed by atoms with Crippen LogP contribution in [0.3, 0.4) is 0 Å². The van der Waals surface area contributed by atoms with Gasteiger partial charge >= 0.3 is 0 Å². The summed E-state index contributed by atoms with van der Waals surface area (Å²) in [6.07, 6.45) is 0. The van der Waals surface area contributed by atoms with Crippen molar-refractivity contribution in [3.63, 3.8) is 0 Å². The highest BCUT2D eigenvalue weighted by Gasteiger charge is 2.45. The molecule has 108 heavy (non-hydrogen) atoms. The van der Waals surface area contributed by atoms with Crippen LogP contribution in [-0.4, -0.2) is 47.9 Å². The highest BCUT2D eigenvalue weighted by Crippen LogP contribution is 2.43. The van der Waals surface area contributed by atoms with Crippen LogP contribution in [-0.2, 0) is 0 Å². The molecule has 8 heteroatoms. The molecule has 0 bridgehead atoms. The van der Waals surface area contributed by atoms with Crippen molar-refractivity contribution in [2.75, 3.05) is 0 Å². The van der Waals surface area contributed by atoms with Gasteiger partial charge in [-0.15, -0.1) is 0 Å². The van der Waals surface area contributed by atoms with Crippen LogP contribution in [0.2, 0.25) is 0 Å². The average molecular weight is 1430 g/mol. The Morgan fingerprint density at radius 1 is 0.194 bits per heavy atom. The third-order valence-corrected chi connectivity index (χ3v) is 37.0. The summed E-state index contributed by atoms with van der Waals surface area (Å²) < 4.78 is 7.30. The molecule has 0 atom stereocenters. The van der Waals surface area contributed by atoms with Crippen LogP contribution in [0.1, 0.15) is 0 Å². The van der Waals surface area contributed by atoms with Gasteiger partial charge < -0.3 is 4.57 Å². The summed E-state index contributed by atoms with van der Waals surface area (Å²) >= 11 is 0. The quantitative estimate of drug-likeness (QED) is 0.0714. The molecule has 0 aliphatic heterocycles. The molecule has 0 spiro atoms. The zero-order valence-corrected chi connectivity index (χ0v) is 62.2. The molecular weight excluding hydrogens is 1360 g/mol. The minimum Gasteiger partial charge on any atom is -0.309 e. The highest BCUT2D eigenvalue weighted by molar-refractivity contribution is 7.21. The third-order valence-electron chi connectivity index (χ3n) is 22.7. The first kappa shape index (κ1) is 64.3. The van der Waals surface area contributed by atoms with E-state index in [1.165, 1.54) is 62.2 Å². The van der Waals surface area contributed by atoms with Gasteiger partial charge in [-0.1, -0.05) is 382 Å². The highest BCUT2D eigenvalue weighted by atomic mass is 28.3. The van der Waals surface area contributed by atoms with Crippen molar-refractivity contribution < 1.29 is 0 Å². The fraction of sp³-hybridized carbons (Fsp3) is 0. The first-order chi connectivity index (χ1) is 53.6. The molecule has 0 saturated heterocycles. The number of hydrogen-bond acceptors (Lipinski definition) is 2. The predicted molar refractivity (Wildman–Crippen MR) is 461 cm³/mol. The van der Waals surface area contributed by atoms with Crippen molar-refractivity contribution in [1.29, 1.82) is 0 Å². The lowest BCUT2D eigenvalue weighted by Gasteiger charge is -2.34. The van der Waals surface area contributed by atoms with Gasteiger partial charge in [0, 0.05) is 49.6 Å². The number of aromatic nitrogens is 5. The van der Waals surface area contributed by atoms with Gasteiger partial charge in [-0.3, -0.25) is 9.13 Å². The summed E-state index contributed by atoms with van der Waals surface area (Å²) in [5, 5.41) is 22.5. The van der Waals surface area contributed by atoms with Gasteiger partial charge in [0.1, 0.15) is 5.82 Å². The summed E-state index contributed by atoms with van der Waals surface area (Å²) in [5.41, 5.74) is 9.25. The van der Waals surface area contributed by atoms with Crippen LogP contribution in [0.5, 0.6) is 0 Å². The maximum absolute atomic E-state index is 6.08. The summed E-state index contributed by atoms with van der Waals surface area (Å²) in [7, 11) is -8.96. The first-order valence-electron chi connectivity index (χ1n) is 37.2. The van der Waals surface area contributed by atoms with Gasteiger partial charge in [0.15, 0.2) is 24.2 Å². The molecular formula is C100H71N5Si3. The van der Waals surface area contributed by atoms with Gasteiger partial charge in [0.2, 0.25) is 5.95 Å². The molecule has 16 aromatic carbocycles. The Morgan fingerprint density at radius 2 is 0.528 bits per heavy atom. The van der Waals surface area contributed by atoms with E-state index >= 15 is 0 Å². The monoisotopic (exact) mass is 1430 g/mol. The van der Waals surface area contributed by atoms with E-state index in [2.05, 4.69) is 444 Å². The molecule has 0 saturated carbocycles. The van der Waals surface area contributed by atoms with E-state index in [1.807, 2.05) is 0 Å². The summed E-state index contributed by atoms with van der Waals surface area (Å²) in [5.74, 6) is 1.33. The van der Waals surface area contributed by atoms with E-state index in [0.29, 0.717) is 5.95 Å². The Bertz CT molecular complexity index is 6420. The van der Waals surface area contributed by atoms with Crippen LogP contribution in [0.4, 0.5) is 0 Å². The molecule has 0 aliphatic carbocycles. The van der Waals surface area contributed by atoms with E-state index in [9.17, 15) is 0 Å². The normalized spacial score (nSPS) is 12.1. The van der Waals surface area contributed by atoms with Crippen molar-refractivity contribution in [1.82, 2.24) is 23.7 Å². The number of hydrogen-bond donors (Lipinski definition) is 0. The van der Waals surface area contributed by atoms with Crippen molar-refractivity contribution in [2.45, 2.75) is 0 Å². The number of rotatable bonds is 16. The standard InChI is InChI=1S/C100H71N5Si3/c1-10-38-74(39-11-1)106(75-40-12-2-13-41-75,76-42-14-3-15-43-76)83-56-34-36-72(68-83)91-71-97(104-92-61-31-29-59-87(92)90-70-85(64-66-95(90)104)108(80-50-22-7-23-51-80,81-52-24-8-25-53-81)82-54-26-9-27-55-82)102-100(101-91)105-93-62-32-28-58-86(93)88-65-67-96-98(99(88)105)89-60-30-33-63-94(89)103(96)73-37-35-57-84(69-73)107(77-44-16-4-17-45-77,78-46-18-5-19-47-78)79-48-20-6-21-49-79/h1-71H. The van der Waals surface area contributed by atoms with Crippen LogP contribution in [0.15, 0.2) is 431 Å². The second-order valence-electron chi connectivity index (χ2n) is 28.2. The van der Waals surface area contributed by atoms with E-state index in [0.717, 1.165) is 88.2 Å². The van der Waals surface area contributed by atoms with Crippen molar-refractivity contribution >= 4 is 152 Å². The Morgan fingerprint density at radius 3 is 0.972 bits per heavy atom. The van der Waals surface area contributed by atoms with Crippen LogP contribution < -0.4 is 62.2 Å². The largest absolute Gasteiger partial charge is 0.309 e. The molecule has 20 aromatic rings. The lowest BCUT2D eigenvalue weighted by atomic mass is 10.1. The summed E-state index contributed by atoms with van der Waals surface area (Å²) in [6, 6.07) is 161. The van der Waals surface area contributed by atoms with Crippen LogP contribution in [0, 0.1) is 0 Å². The molecule has 4 aromatic heterocycles. The van der Waals surface area contributed by atoms with Crippen molar-refractivity contribution in [3.05, 3.63) is 431 Å². The lowest BCUT2D eigenvalue weighted by Crippen LogP contribution is -2.74. The van der Waals surface area contributed by atoms with E-state index < -0.39 is 24.2 Å². The van der Waals surface area contributed by atoms with E-state index in [1.54, 1.807) is 0 Å². The van der Waals surface area contributed by atoms with Crippen LogP contribution in [0.25, 0.3) is 94.1 Å². The molecule has 0 aliphatic rings. The maximum atomic E-state index is 6.08. The SMILES string of the molecule is c1ccc([Si](c2ccccc2)(c2ccccc2)c2cccc(-c3cc(-n4c5ccccc5c5cc([Si](c6ccccc6)(c6ccccc6)c6ccccc6)ccc54)nc(-n4c5ccccc5c5ccc6c(c7ccccc7n6-c6cccc([Si](c7ccccc7)(c7ccccc7)c7ccccc7)c6)c54)n3)c2)cc1. The summed E-state index contributed by atoms with van der Waals surface area (Å²) in [4.78, 5) is 12.1. The molecule has 0 fully saturated rings. The second-order valence-corrected chi connectivity index (χ2v) is 39.7. The molecule has 0 unspecified atom stereocenters. The Kier molecular flexibility index (Phi) is 15.9. The molecule has 4 heterocycles. The fourth-order valence-corrected chi connectivity index (χ4v) is 32.6. The fourth-order valence-electron chi connectivity index (χ4n) is 18.2. The van der Waals surface area contributed by atoms with Gasteiger partial charge in [0.25, 0.3) is 0 Å². The number of fused-ring (bicyclic) bond motifs is 10. The van der Waals surface area contributed by atoms with E-state index in [4.69, 9.17) is 9.97 Å². The number of para-hydroxylation sites is 3. The first-order valence-corrected chi connectivity index (χ1v) is 43.2. The molecule has 0 N–H and O–H groups in total. The molecule has 0 radical (unpaired) electrons. The minimum atomic E-state index is -3.04. The zero-order valence-electron chi connectivity index (χ0n) is 59.2. The minimum absolute atomic E-state index is 0.568. The second kappa shape index (κ2) is 26.7. The Labute approximate surface area is 630 Å². The smallest absolute Gasteiger partial charge is 0.237 e. The lowest BCUT2D eigenvalue weighted by molar-refractivity contribution is 0.953. The van der Waals surface area contributed by atoms with Gasteiger partial charge in [-0.2, -0.15) is 4.98 Å². The maximum Gasteiger partial charge on any atom is 0.237 e. The molecule has 508 valence electrons. The topological polar surface area (TPSA) is 40.6 Å². The molecule has 20 rings (SSSR count). The van der Waals surface area contributed by atoms with Crippen LogP contribution >= 0.6 is 0 Å². The van der Waals surface area contributed by atoms with Gasteiger partial charge in [-0.05, 0) is 105 Å². The van der Waals surface area contributed by atoms with Gasteiger partial charge in [0.05, 0.1) is 38.8 Å².